The molecule has 3 nitrogen and oxygen atoms in total. The second kappa shape index (κ2) is 11.9. The molecule has 0 aliphatic carbocycles. The van der Waals surface area contributed by atoms with Gasteiger partial charge in [-0.25, -0.2) is 0 Å². The summed E-state index contributed by atoms with van der Waals surface area (Å²) in [4.78, 5) is 0. The van der Waals surface area contributed by atoms with Crippen LogP contribution in [0.5, 0.6) is 0 Å². The van der Waals surface area contributed by atoms with Crippen LogP contribution in [-0.4, -0.2) is 38.8 Å². The fourth-order valence-corrected chi connectivity index (χ4v) is 14.8. The Hall–Kier alpha value is 0.379. The van der Waals surface area contributed by atoms with E-state index in [0.29, 0.717) is 0 Å². The normalized spacial score (nSPS) is 12.0. The minimum atomic E-state index is -2.84. The van der Waals surface area contributed by atoms with E-state index in [1.807, 2.05) is 11.3 Å². The summed E-state index contributed by atoms with van der Waals surface area (Å²) in [6, 6.07) is 4.51. The monoisotopic (exact) mass is 419 g/mol. The molecule has 0 saturated carbocycles. The van der Waals surface area contributed by atoms with E-state index in [2.05, 4.69) is 48.9 Å². The summed E-state index contributed by atoms with van der Waals surface area (Å²) in [6.45, 7) is 10.2. The number of rotatable bonds is 13. The Labute approximate surface area is 140 Å². The van der Waals surface area contributed by atoms with Gasteiger partial charge in [-0.15, -0.1) is 0 Å². The molecule has 0 fully saturated rings. The molecular weight excluding hydrogens is 385 g/mol. The van der Waals surface area contributed by atoms with E-state index in [-0.39, 0.29) is 0 Å². The fraction of sp³-hybridized carbons (Fsp3) is 0.750. The molecule has 1 aromatic heterocycles. The van der Waals surface area contributed by atoms with Crippen molar-refractivity contribution >= 4 is 33.4 Å². The molecule has 3 N–H and O–H groups in total. The van der Waals surface area contributed by atoms with Crippen molar-refractivity contribution in [2.75, 3.05) is 19.6 Å². The third-order valence-corrected chi connectivity index (χ3v) is 16.7. The molecule has 1 rings (SSSR count). The van der Waals surface area contributed by atoms with Gasteiger partial charge in [0.2, 0.25) is 0 Å². The number of hydrogen-bond donors (Lipinski definition) is 3. The van der Waals surface area contributed by atoms with E-state index in [0.717, 1.165) is 19.6 Å². The molecule has 0 aromatic carbocycles. The van der Waals surface area contributed by atoms with E-state index in [4.69, 9.17) is 0 Å². The van der Waals surface area contributed by atoms with E-state index in [9.17, 15) is 0 Å². The zero-order valence-corrected chi connectivity index (χ0v) is 17.7. The molecule has 1 heterocycles. The number of hydrogen-bond acceptors (Lipinski definition) is 4. The van der Waals surface area contributed by atoms with Crippen molar-refractivity contribution < 1.29 is 0 Å². The first-order valence-corrected chi connectivity index (χ1v) is 15.2. The number of unbranched alkanes of at least 4 members (excludes halogenated alkanes) is 3. The predicted octanol–water partition coefficient (Wildman–Crippen LogP) is 3.06. The summed E-state index contributed by atoms with van der Waals surface area (Å²) in [5, 5.41) is 2.21. The molecule has 0 amide bonds. The fourth-order valence-electron chi connectivity index (χ4n) is 2.30. The average molecular weight is 418 g/mol. The molecule has 0 aliphatic heterocycles. The van der Waals surface area contributed by atoms with Gasteiger partial charge >= 0.3 is 140 Å². The van der Waals surface area contributed by atoms with Crippen LogP contribution in [0.25, 0.3) is 0 Å². The maximum absolute atomic E-state index is 3.95. The predicted molar refractivity (Wildman–Crippen MR) is 98.4 cm³/mol. The number of thiophene rings is 1. The van der Waals surface area contributed by atoms with Crippen molar-refractivity contribution in [3.05, 3.63) is 17.5 Å². The Morgan fingerprint density at radius 1 is 0.857 bits per heavy atom. The first-order chi connectivity index (χ1) is 10.3. The molecule has 0 saturated heterocycles. The Morgan fingerprint density at radius 2 is 1.33 bits per heavy atom. The van der Waals surface area contributed by atoms with E-state index in [1.165, 1.54) is 38.5 Å². The van der Waals surface area contributed by atoms with E-state index < -0.39 is 19.2 Å². The van der Waals surface area contributed by atoms with Gasteiger partial charge in [0, 0.05) is 0 Å². The summed E-state index contributed by atoms with van der Waals surface area (Å²) in [7, 11) is 0. The Kier molecular flexibility index (Phi) is 11.0. The van der Waals surface area contributed by atoms with Gasteiger partial charge < -0.3 is 0 Å². The van der Waals surface area contributed by atoms with Crippen molar-refractivity contribution in [1.82, 2.24) is 10.6 Å². The van der Waals surface area contributed by atoms with Crippen molar-refractivity contribution in [1.29, 1.82) is 0 Å². The second-order valence-corrected chi connectivity index (χ2v) is 16.4. The van der Waals surface area contributed by atoms with Gasteiger partial charge in [-0.05, 0) is 0 Å². The second-order valence-electron chi connectivity index (χ2n) is 5.57. The van der Waals surface area contributed by atoms with Crippen LogP contribution in [-0.2, 0) is 0 Å². The van der Waals surface area contributed by atoms with Crippen LogP contribution in [0, 0.1) is 0 Å². The van der Waals surface area contributed by atoms with Gasteiger partial charge in [0.25, 0.3) is 0 Å². The van der Waals surface area contributed by atoms with Crippen molar-refractivity contribution in [2.45, 2.75) is 59.3 Å². The first-order valence-electron chi connectivity index (χ1n) is 8.58. The van der Waals surface area contributed by atoms with E-state index in [1.54, 1.807) is 2.89 Å². The molecule has 0 atom stereocenters. The molecule has 122 valence electrons. The van der Waals surface area contributed by atoms with Crippen LogP contribution in [0.2, 0.25) is 0 Å². The summed E-state index contributed by atoms with van der Waals surface area (Å²) in [5.41, 5.74) is 0. The molecular formula is C16H33N3SSn. The molecule has 1 aromatic rings. The molecule has 0 radical (unpaired) electrons. The maximum atomic E-state index is 3.95. The molecule has 21 heavy (non-hydrogen) atoms. The van der Waals surface area contributed by atoms with Crippen LogP contribution in [0.15, 0.2) is 17.5 Å². The Balaban J connectivity index is 2.78. The first kappa shape index (κ1) is 19.4. The van der Waals surface area contributed by atoms with Gasteiger partial charge in [0.15, 0.2) is 0 Å². The molecule has 0 spiro atoms. The summed E-state index contributed by atoms with van der Waals surface area (Å²) in [6.07, 6.45) is 7.54. The molecule has 0 unspecified atom stereocenters. The summed E-state index contributed by atoms with van der Waals surface area (Å²) < 4.78 is 13.4. The van der Waals surface area contributed by atoms with Crippen LogP contribution >= 0.6 is 11.3 Å². The van der Waals surface area contributed by atoms with Gasteiger partial charge in [-0.1, -0.05) is 0 Å². The van der Waals surface area contributed by atoms with Crippen LogP contribution < -0.4 is 13.5 Å². The minimum absolute atomic E-state index is 1.13. The zero-order chi connectivity index (χ0) is 15.4. The van der Waals surface area contributed by atoms with Crippen LogP contribution in [0.3, 0.4) is 0 Å². The number of nitrogens with one attached hydrogen (secondary N) is 3. The van der Waals surface area contributed by atoms with Crippen molar-refractivity contribution in [2.24, 2.45) is 0 Å². The molecule has 0 aliphatic rings. The quantitative estimate of drug-likeness (QED) is 0.341. The standard InChI is InChI=1S/3C4H10N.C4H3S.Sn/c3*1-2-3-4-5;1-2-4-5-3-1;/h3*5H,2-4H2,1H3;1-3H;/q3*-1;;+3. The third-order valence-electron chi connectivity index (χ3n) is 3.65. The SMILES string of the molecule is CCCC[NH][Sn]([NH]CCCC)([NH]CCCC)[c]1cccs1. The van der Waals surface area contributed by atoms with Crippen molar-refractivity contribution in [3.8, 4) is 0 Å². The average Bonchev–Trinajstić information content (AvgIpc) is 3.02. The van der Waals surface area contributed by atoms with Crippen LogP contribution in [0.1, 0.15) is 59.3 Å². The van der Waals surface area contributed by atoms with E-state index >= 15 is 0 Å². The third kappa shape index (κ3) is 6.99. The topological polar surface area (TPSA) is 36.1 Å². The molecule has 5 heteroatoms. The Bertz CT molecular complexity index is 317. The molecule has 0 bridgehead atoms. The van der Waals surface area contributed by atoms with Crippen LogP contribution in [0.4, 0.5) is 0 Å². The van der Waals surface area contributed by atoms with Crippen molar-refractivity contribution in [3.63, 3.8) is 0 Å². The summed E-state index contributed by atoms with van der Waals surface area (Å²) in [5.74, 6) is 0. The summed E-state index contributed by atoms with van der Waals surface area (Å²) >= 11 is -0.926. The van der Waals surface area contributed by atoms with Gasteiger partial charge in [-0.3, -0.25) is 0 Å². The van der Waals surface area contributed by atoms with Gasteiger partial charge in [-0.2, -0.15) is 0 Å². The zero-order valence-electron chi connectivity index (χ0n) is 14.0. The van der Waals surface area contributed by atoms with Gasteiger partial charge in [0.1, 0.15) is 0 Å². The Morgan fingerprint density at radius 3 is 1.67 bits per heavy atom. The van der Waals surface area contributed by atoms with Gasteiger partial charge in [0.05, 0.1) is 0 Å².